The third-order valence-electron chi connectivity index (χ3n) is 3.15. The minimum Gasteiger partial charge on any atom is -0.490 e. The lowest BCUT2D eigenvalue weighted by Crippen LogP contribution is -1.97. The molecule has 0 aliphatic carbocycles. The second kappa shape index (κ2) is 5.84. The summed E-state index contributed by atoms with van der Waals surface area (Å²) in [4.78, 5) is 2.32. The molecule has 1 unspecified atom stereocenters. The van der Waals surface area contributed by atoms with E-state index in [9.17, 15) is 0 Å². The lowest BCUT2D eigenvalue weighted by Gasteiger charge is -2.14. The largest absolute Gasteiger partial charge is 0.490 e. The molecule has 1 atom stereocenters. The Kier molecular flexibility index (Phi) is 4.11. The predicted molar refractivity (Wildman–Crippen MR) is 83.8 cm³/mol. The van der Waals surface area contributed by atoms with Crippen molar-refractivity contribution < 1.29 is 9.47 Å². The van der Waals surface area contributed by atoms with Crippen LogP contribution in [-0.2, 0) is 0 Å². The van der Waals surface area contributed by atoms with Crippen molar-refractivity contribution in [3.05, 3.63) is 44.6 Å². The Morgan fingerprint density at radius 3 is 2.50 bits per heavy atom. The third-order valence-corrected chi connectivity index (χ3v) is 5.14. The molecule has 5 heteroatoms. The zero-order chi connectivity index (χ0) is 14.1. The summed E-state index contributed by atoms with van der Waals surface area (Å²) in [6.45, 7) is 3.36. The highest BCUT2D eigenvalue weighted by molar-refractivity contribution is 7.12. The molecule has 1 aromatic heterocycles. The second-order valence-corrected chi connectivity index (χ2v) is 6.85. The highest BCUT2D eigenvalue weighted by Crippen LogP contribution is 2.42. The van der Waals surface area contributed by atoms with Crippen LogP contribution >= 0.6 is 34.5 Å². The molecule has 0 fully saturated rings. The van der Waals surface area contributed by atoms with E-state index in [1.54, 1.807) is 17.4 Å². The van der Waals surface area contributed by atoms with Gasteiger partial charge < -0.3 is 9.47 Å². The van der Waals surface area contributed by atoms with E-state index in [4.69, 9.17) is 32.7 Å². The van der Waals surface area contributed by atoms with E-state index in [0.717, 1.165) is 22.6 Å². The van der Waals surface area contributed by atoms with Crippen molar-refractivity contribution in [2.45, 2.75) is 18.7 Å². The Bertz CT molecular complexity index is 624. The van der Waals surface area contributed by atoms with Crippen molar-refractivity contribution in [3.63, 3.8) is 0 Å². The minimum atomic E-state index is -0.265. The number of aryl methyl sites for hydroxylation is 1. The van der Waals surface area contributed by atoms with Crippen LogP contribution < -0.4 is 9.47 Å². The van der Waals surface area contributed by atoms with Crippen molar-refractivity contribution in [3.8, 4) is 11.5 Å². The quantitative estimate of drug-likeness (QED) is 0.705. The van der Waals surface area contributed by atoms with Crippen molar-refractivity contribution >= 4 is 34.5 Å². The zero-order valence-corrected chi connectivity index (χ0v) is 13.3. The summed E-state index contributed by atoms with van der Waals surface area (Å²) in [6, 6.07) is 7.80. The number of benzene rings is 1. The van der Waals surface area contributed by atoms with Crippen LogP contribution in [-0.4, -0.2) is 13.2 Å². The number of hydrogen-bond acceptors (Lipinski definition) is 3. The Balaban J connectivity index is 1.99. The van der Waals surface area contributed by atoms with E-state index >= 15 is 0 Å². The third kappa shape index (κ3) is 2.76. The molecular formula is C15H14Cl2O2S. The van der Waals surface area contributed by atoms with Crippen molar-refractivity contribution in [1.82, 2.24) is 0 Å². The fraction of sp³-hybridized carbons (Fsp3) is 0.333. The summed E-state index contributed by atoms with van der Waals surface area (Å²) in [5, 5.41) is 0.346. The molecule has 106 valence electrons. The molecule has 3 rings (SSSR count). The van der Waals surface area contributed by atoms with Crippen LogP contribution in [0.25, 0.3) is 0 Å². The second-order valence-electron chi connectivity index (χ2n) is 4.68. The highest BCUT2D eigenvalue weighted by Gasteiger charge is 2.20. The number of hydrogen-bond donors (Lipinski definition) is 0. The first kappa shape index (κ1) is 14.1. The molecule has 0 N–H and O–H groups in total. The van der Waals surface area contributed by atoms with Crippen LogP contribution in [0.2, 0.25) is 5.02 Å². The first-order valence-electron chi connectivity index (χ1n) is 6.44. The van der Waals surface area contributed by atoms with Crippen LogP contribution in [0, 0.1) is 6.92 Å². The monoisotopic (exact) mass is 328 g/mol. The topological polar surface area (TPSA) is 18.5 Å². The Labute approximate surface area is 132 Å². The van der Waals surface area contributed by atoms with Gasteiger partial charge in [-0.3, -0.25) is 0 Å². The van der Waals surface area contributed by atoms with Crippen LogP contribution in [0.4, 0.5) is 0 Å². The first-order chi connectivity index (χ1) is 9.65. The Morgan fingerprint density at radius 1 is 1.15 bits per heavy atom. The molecule has 1 aromatic carbocycles. The van der Waals surface area contributed by atoms with Crippen LogP contribution in [0.5, 0.6) is 11.5 Å². The smallest absolute Gasteiger partial charge is 0.162 e. The lowest BCUT2D eigenvalue weighted by atomic mass is 10.1. The fourth-order valence-electron chi connectivity index (χ4n) is 2.14. The van der Waals surface area contributed by atoms with Gasteiger partial charge in [0.2, 0.25) is 0 Å². The molecule has 0 spiro atoms. The molecule has 1 aliphatic rings. The first-order valence-corrected chi connectivity index (χ1v) is 8.07. The normalized spacial score (nSPS) is 15.8. The summed E-state index contributed by atoms with van der Waals surface area (Å²) < 4.78 is 11.3. The summed E-state index contributed by atoms with van der Waals surface area (Å²) in [7, 11) is 0. The molecule has 0 amide bonds. The van der Waals surface area contributed by atoms with Gasteiger partial charge in [0.1, 0.15) is 0 Å². The Hall–Kier alpha value is -0.900. The molecule has 2 nitrogen and oxygen atoms in total. The standard InChI is InChI=1S/C15H14Cl2O2S/c1-9-3-4-14(20-9)15(17)10-7-12-13(8-11(10)16)19-6-2-5-18-12/h3-4,7-8,15H,2,5-6H2,1H3. The van der Waals surface area contributed by atoms with E-state index in [-0.39, 0.29) is 5.38 Å². The van der Waals surface area contributed by atoms with Gasteiger partial charge in [0.05, 0.1) is 18.6 Å². The number of fused-ring (bicyclic) bond motifs is 1. The van der Waals surface area contributed by atoms with Crippen molar-refractivity contribution in [2.24, 2.45) is 0 Å². The van der Waals surface area contributed by atoms with Gasteiger partial charge in [-0.2, -0.15) is 0 Å². The summed E-state index contributed by atoms with van der Waals surface area (Å²) in [6.07, 6.45) is 0.871. The molecule has 2 aromatic rings. The van der Waals surface area contributed by atoms with Gasteiger partial charge >= 0.3 is 0 Å². The molecule has 0 saturated carbocycles. The van der Waals surface area contributed by atoms with Gasteiger partial charge in [0.15, 0.2) is 11.5 Å². The average molecular weight is 329 g/mol. The van der Waals surface area contributed by atoms with Gasteiger partial charge in [-0.25, -0.2) is 0 Å². The minimum absolute atomic E-state index is 0.265. The van der Waals surface area contributed by atoms with Gasteiger partial charge in [-0.05, 0) is 30.7 Å². The average Bonchev–Trinajstić information content (AvgIpc) is 2.73. The van der Waals surface area contributed by atoms with Gasteiger partial charge in [0, 0.05) is 27.3 Å². The maximum atomic E-state index is 6.56. The molecule has 1 aliphatic heterocycles. The van der Waals surface area contributed by atoms with E-state index in [2.05, 4.69) is 13.0 Å². The molecular weight excluding hydrogens is 315 g/mol. The highest BCUT2D eigenvalue weighted by atomic mass is 35.5. The zero-order valence-electron chi connectivity index (χ0n) is 11.0. The molecule has 0 radical (unpaired) electrons. The maximum absolute atomic E-state index is 6.56. The number of halogens is 2. The van der Waals surface area contributed by atoms with Crippen LogP contribution in [0.3, 0.4) is 0 Å². The maximum Gasteiger partial charge on any atom is 0.162 e. The fourth-order valence-corrected chi connectivity index (χ4v) is 3.72. The van der Waals surface area contributed by atoms with E-state index in [0.29, 0.717) is 24.0 Å². The SMILES string of the molecule is Cc1ccc(C(Cl)c2cc3c(cc2Cl)OCCCO3)s1. The molecule has 20 heavy (non-hydrogen) atoms. The van der Waals surface area contributed by atoms with Gasteiger partial charge in [-0.15, -0.1) is 22.9 Å². The van der Waals surface area contributed by atoms with E-state index in [1.807, 2.05) is 12.1 Å². The van der Waals surface area contributed by atoms with Gasteiger partial charge in [0.25, 0.3) is 0 Å². The van der Waals surface area contributed by atoms with E-state index in [1.165, 1.54) is 4.88 Å². The Morgan fingerprint density at radius 2 is 1.85 bits per heavy atom. The molecule has 0 saturated heterocycles. The lowest BCUT2D eigenvalue weighted by molar-refractivity contribution is 0.297. The van der Waals surface area contributed by atoms with Crippen molar-refractivity contribution in [1.29, 1.82) is 0 Å². The van der Waals surface area contributed by atoms with Crippen LogP contribution in [0.1, 0.15) is 27.1 Å². The molecule has 2 heterocycles. The van der Waals surface area contributed by atoms with Crippen molar-refractivity contribution in [2.75, 3.05) is 13.2 Å². The van der Waals surface area contributed by atoms with Gasteiger partial charge in [-0.1, -0.05) is 11.6 Å². The number of thiophene rings is 1. The summed E-state index contributed by atoms with van der Waals surface area (Å²) >= 11 is 14.6. The predicted octanol–water partition coefficient (Wildman–Crippen LogP) is 5.20. The van der Waals surface area contributed by atoms with E-state index < -0.39 is 0 Å². The number of rotatable bonds is 2. The number of ether oxygens (including phenoxy) is 2. The number of alkyl halides is 1. The summed E-state index contributed by atoms with van der Waals surface area (Å²) in [5.41, 5.74) is 0.861. The molecule has 0 bridgehead atoms. The summed E-state index contributed by atoms with van der Waals surface area (Å²) in [5.74, 6) is 1.42. The van der Waals surface area contributed by atoms with Crippen LogP contribution in [0.15, 0.2) is 24.3 Å².